The smallest absolute Gasteiger partial charge is 0.326 e. The summed E-state index contributed by atoms with van der Waals surface area (Å²) in [6.45, 7) is 2.92. The predicted octanol–water partition coefficient (Wildman–Crippen LogP) is 0.775. The zero-order valence-electron chi connectivity index (χ0n) is 13.3. The standard InChI is InChI=1S/C15H23NO7/c1-3-13(19)16-12(15(22)23)7-6-11(18)8-10(14(20)21)5-4-9(2)17/h10,12H,3-8H2,1-2H3,(H,16,19)(H,20,21)(H,22,23)/t10-,12+/m1/s1. The first-order chi connectivity index (χ1) is 10.7. The van der Waals surface area contributed by atoms with E-state index in [2.05, 4.69) is 5.32 Å². The maximum Gasteiger partial charge on any atom is 0.326 e. The van der Waals surface area contributed by atoms with Gasteiger partial charge in [-0.25, -0.2) is 4.79 Å². The number of rotatable bonds is 12. The third kappa shape index (κ3) is 9.38. The van der Waals surface area contributed by atoms with E-state index >= 15 is 0 Å². The summed E-state index contributed by atoms with van der Waals surface area (Å²) in [5, 5.41) is 20.3. The molecule has 0 aromatic heterocycles. The zero-order valence-corrected chi connectivity index (χ0v) is 13.3. The van der Waals surface area contributed by atoms with Crippen LogP contribution in [0.5, 0.6) is 0 Å². The van der Waals surface area contributed by atoms with E-state index in [4.69, 9.17) is 10.2 Å². The Bertz CT molecular complexity index is 472. The molecule has 130 valence electrons. The molecule has 0 heterocycles. The van der Waals surface area contributed by atoms with Crippen molar-refractivity contribution in [3.05, 3.63) is 0 Å². The SMILES string of the molecule is CCC(=O)N[C@@H](CCC(=O)C[C@@H](CCC(C)=O)C(=O)O)C(=O)O. The monoisotopic (exact) mass is 329 g/mol. The summed E-state index contributed by atoms with van der Waals surface area (Å²) < 4.78 is 0. The lowest BCUT2D eigenvalue weighted by atomic mass is 9.94. The molecule has 0 aromatic carbocycles. The van der Waals surface area contributed by atoms with Gasteiger partial charge in [-0.2, -0.15) is 0 Å². The first kappa shape index (κ1) is 20.8. The largest absolute Gasteiger partial charge is 0.481 e. The molecule has 0 aromatic rings. The van der Waals surface area contributed by atoms with Crippen LogP contribution in [0.3, 0.4) is 0 Å². The lowest BCUT2D eigenvalue weighted by Gasteiger charge is -2.14. The average Bonchev–Trinajstić information content (AvgIpc) is 2.46. The third-order valence-corrected chi connectivity index (χ3v) is 3.33. The molecule has 0 aliphatic carbocycles. The van der Waals surface area contributed by atoms with Crippen LogP contribution in [-0.4, -0.2) is 45.7 Å². The second-order valence-electron chi connectivity index (χ2n) is 5.37. The molecule has 0 rings (SSSR count). The van der Waals surface area contributed by atoms with Crippen LogP contribution in [-0.2, 0) is 24.0 Å². The lowest BCUT2D eigenvalue weighted by Crippen LogP contribution is -2.40. The van der Waals surface area contributed by atoms with Crippen LogP contribution in [0, 0.1) is 5.92 Å². The third-order valence-electron chi connectivity index (χ3n) is 3.33. The number of carboxylic acid groups (broad SMARTS) is 2. The Morgan fingerprint density at radius 2 is 1.57 bits per heavy atom. The first-order valence-corrected chi connectivity index (χ1v) is 7.43. The molecule has 0 aliphatic heterocycles. The number of carbonyl (C=O) groups excluding carboxylic acids is 3. The highest BCUT2D eigenvalue weighted by Crippen LogP contribution is 2.15. The van der Waals surface area contributed by atoms with Crippen LogP contribution < -0.4 is 5.32 Å². The van der Waals surface area contributed by atoms with E-state index in [-0.39, 0.29) is 44.3 Å². The Morgan fingerprint density at radius 3 is 2.00 bits per heavy atom. The fourth-order valence-electron chi connectivity index (χ4n) is 1.93. The van der Waals surface area contributed by atoms with E-state index in [0.29, 0.717) is 0 Å². The van der Waals surface area contributed by atoms with E-state index < -0.39 is 35.6 Å². The lowest BCUT2D eigenvalue weighted by molar-refractivity contribution is -0.145. The van der Waals surface area contributed by atoms with Crippen molar-refractivity contribution >= 4 is 29.4 Å². The Hall–Kier alpha value is -2.25. The zero-order chi connectivity index (χ0) is 18.0. The van der Waals surface area contributed by atoms with Gasteiger partial charge in [-0.1, -0.05) is 6.92 Å². The fraction of sp³-hybridized carbons (Fsp3) is 0.667. The quantitative estimate of drug-likeness (QED) is 0.481. The van der Waals surface area contributed by atoms with Crippen molar-refractivity contribution in [3.8, 4) is 0 Å². The summed E-state index contributed by atoms with van der Waals surface area (Å²) in [6.07, 6.45) is -0.218. The molecule has 0 aliphatic rings. The van der Waals surface area contributed by atoms with Crippen molar-refractivity contribution in [1.29, 1.82) is 0 Å². The molecule has 0 bridgehead atoms. The summed E-state index contributed by atoms with van der Waals surface area (Å²) in [7, 11) is 0. The number of aliphatic carboxylic acids is 2. The van der Waals surface area contributed by atoms with Gasteiger partial charge in [-0.3, -0.25) is 14.4 Å². The molecule has 0 spiro atoms. The van der Waals surface area contributed by atoms with E-state index in [1.165, 1.54) is 6.92 Å². The van der Waals surface area contributed by atoms with E-state index in [0.717, 1.165) is 0 Å². The van der Waals surface area contributed by atoms with Crippen molar-refractivity contribution in [1.82, 2.24) is 5.32 Å². The normalized spacial score (nSPS) is 13.0. The number of carbonyl (C=O) groups is 5. The highest BCUT2D eigenvalue weighted by Gasteiger charge is 2.24. The van der Waals surface area contributed by atoms with Crippen molar-refractivity contribution in [2.45, 2.75) is 58.4 Å². The molecular weight excluding hydrogens is 306 g/mol. The van der Waals surface area contributed by atoms with Gasteiger partial charge in [0.25, 0.3) is 0 Å². The molecule has 8 heteroatoms. The van der Waals surface area contributed by atoms with Gasteiger partial charge < -0.3 is 20.3 Å². The topological polar surface area (TPSA) is 138 Å². The predicted molar refractivity (Wildman–Crippen MR) is 79.8 cm³/mol. The minimum atomic E-state index is -1.24. The molecule has 0 saturated carbocycles. The maximum atomic E-state index is 11.8. The number of carboxylic acids is 2. The molecular formula is C15H23NO7. The summed E-state index contributed by atoms with van der Waals surface area (Å²) in [5.41, 5.74) is 0. The minimum absolute atomic E-state index is 0.0747. The first-order valence-electron chi connectivity index (χ1n) is 7.43. The Labute approximate surface area is 134 Å². The van der Waals surface area contributed by atoms with Gasteiger partial charge >= 0.3 is 11.9 Å². The van der Waals surface area contributed by atoms with E-state index in [1.807, 2.05) is 0 Å². The molecule has 3 N–H and O–H groups in total. The summed E-state index contributed by atoms with van der Waals surface area (Å²) >= 11 is 0. The van der Waals surface area contributed by atoms with Crippen LogP contribution in [0.25, 0.3) is 0 Å². The number of nitrogens with one attached hydrogen (secondary N) is 1. The molecule has 0 fully saturated rings. The Kier molecular flexibility index (Phi) is 9.45. The van der Waals surface area contributed by atoms with Gasteiger partial charge in [-0.15, -0.1) is 0 Å². The summed E-state index contributed by atoms with van der Waals surface area (Å²) in [6, 6.07) is -1.17. The number of hydrogen-bond donors (Lipinski definition) is 3. The average molecular weight is 329 g/mol. The second-order valence-corrected chi connectivity index (χ2v) is 5.37. The maximum absolute atomic E-state index is 11.8. The Morgan fingerprint density at radius 1 is 0.957 bits per heavy atom. The van der Waals surface area contributed by atoms with Crippen LogP contribution in [0.1, 0.15) is 52.4 Å². The van der Waals surface area contributed by atoms with Crippen LogP contribution in [0.4, 0.5) is 0 Å². The fourth-order valence-corrected chi connectivity index (χ4v) is 1.93. The van der Waals surface area contributed by atoms with Crippen molar-refractivity contribution < 1.29 is 34.2 Å². The van der Waals surface area contributed by atoms with Crippen molar-refractivity contribution in [3.63, 3.8) is 0 Å². The van der Waals surface area contributed by atoms with Gasteiger partial charge in [0.05, 0.1) is 5.92 Å². The van der Waals surface area contributed by atoms with E-state index in [9.17, 15) is 24.0 Å². The highest BCUT2D eigenvalue weighted by molar-refractivity contribution is 5.86. The summed E-state index contributed by atoms with van der Waals surface area (Å²) in [4.78, 5) is 56.0. The minimum Gasteiger partial charge on any atom is -0.481 e. The van der Waals surface area contributed by atoms with Gasteiger partial charge in [0, 0.05) is 25.7 Å². The van der Waals surface area contributed by atoms with E-state index in [1.54, 1.807) is 6.92 Å². The molecule has 0 unspecified atom stereocenters. The molecule has 8 nitrogen and oxygen atoms in total. The summed E-state index contributed by atoms with van der Waals surface area (Å²) in [5.74, 6) is -4.36. The highest BCUT2D eigenvalue weighted by atomic mass is 16.4. The number of amides is 1. The number of ketones is 2. The van der Waals surface area contributed by atoms with Crippen LogP contribution in [0.15, 0.2) is 0 Å². The van der Waals surface area contributed by atoms with Gasteiger partial charge in [0.15, 0.2) is 0 Å². The van der Waals surface area contributed by atoms with Gasteiger partial charge in [-0.05, 0) is 19.8 Å². The Balaban J connectivity index is 4.48. The number of Topliss-reactive ketones (excluding diaryl/α,β-unsaturated/α-hetero) is 2. The van der Waals surface area contributed by atoms with Crippen LogP contribution >= 0.6 is 0 Å². The van der Waals surface area contributed by atoms with Gasteiger partial charge in [0.2, 0.25) is 5.91 Å². The van der Waals surface area contributed by atoms with Crippen molar-refractivity contribution in [2.75, 3.05) is 0 Å². The van der Waals surface area contributed by atoms with Crippen molar-refractivity contribution in [2.24, 2.45) is 5.92 Å². The number of hydrogen-bond acceptors (Lipinski definition) is 5. The molecule has 23 heavy (non-hydrogen) atoms. The molecule has 0 radical (unpaired) electrons. The molecule has 1 amide bonds. The van der Waals surface area contributed by atoms with Gasteiger partial charge in [0.1, 0.15) is 17.6 Å². The molecule has 0 saturated heterocycles. The van der Waals surface area contributed by atoms with Crippen LogP contribution in [0.2, 0.25) is 0 Å². The second kappa shape index (κ2) is 10.5. The molecule has 2 atom stereocenters.